The van der Waals surface area contributed by atoms with Gasteiger partial charge in [-0.15, -0.1) is 0 Å². The summed E-state index contributed by atoms with van der Waals surface area (Å²) in [7, 11) is 0. The van der Waals surface area contributed by atoms with Gasteiger partial charge in [0.1, 0.15) is 6.04 Å². The molecular weight excluding hydrogens is 206 g/mol. The van der Waals surface area contributed by atoms with Crippen LogP contribution < -0.4 is 11.1 Å². The van der Waals surface area contributed by atoms with Gasteiger partial charge in [-0.25, -0.2) is 4.79 Å². The Balaban J connectivity index is 2.61. The summed E-state index contributed by atoms with van der Waals surface area (Å²) in [6.45, 7) is 5.40. The molecule has 0 spiro atoms. The van der Waals surface area contributed by atoms with Gasteiger partial charge in [0, 0.05) is 13.1 Å². The molecule has 5 heteroatoms. The second kappa shape index (κ2) is 5.72. The van der Waals surface area contributed by atoms with E-state index in [0.29, 0.717) is 0 Å². The van der Waals surface area contributed by atoms with E-state index in [4.69, 9.17) is 5.73 Å². The SMILES string of the molecule is CC(C)C(NC(N)=O)C(=O)N1CCCCC1. The van der Waals surface area contributed by atoms with E-state index in [1.54, 1.807) is 0 Å². The first-order valence-electron chi connectivity index (χ1n) is 5.87. The maximum atomic E-state index is 12.1. The van der Waals surface area contributed by atoms with Crippen molar-refractivity contribution in [2.75, 3.05) is 13.1 Å². The fourth-order valence-corrected chi connectivity index (χ4v) is 1.98. The fraction of sp³-hybridized carbons (Fsp3) is 0.818. The molecule has 0 bridgehead atoms. The maximum absolute atomic E-state index is 12.1. The summed E-state index contributed by atoms with van der Waals surface area (Å²) in [6.07, 6.45) is 3.28. The van der Waals surface area contributed by atoms with Gasteiger partial charge in [-0.05, 0) is 25.2 Å². The molecule has 0 aliphatic carbocycles. The molecule has 1 aliphatic heterocycles. The number of urea groups is 1. The van der Waals surface area contributed by atoms with Crippen molar-refractivity contribution in [2.45, 2.75) is 39.2 Å². The number of hydrogen-bond donors (Lipinski definition) is 2. The summed E-state index contributed by atoms with van der Waals surface area (Å²) < 4.78 is 0. The van der Waals surface area contributed by atoms with Gasteiger partial charge in [0.05, 0.1) is 0 Å². The molecule has 0 saturated carbocycles. The lowest BCUT2D eigenvalue weighted by atomic mass is 10.0. The number of nitrogens with zero attached hydrogens (tertiary/aromatic N) is 1. The van der Waals surface area contributed by atoms with Gasteiger partial charge in [-0.1, -0.05) is 13.8 Å². The molecule has 1 heterocycles. The Labute approximate surface area is 96.4 Å². The van der Waals surface area contributed by atoms with E-state index in [9.17, 15) is 9.59 Å². The summed E-state index contributed by atoms with van der Waals surface area (Å²) in [4.78, 5) is 24.8. The number of piperidine rings is 1. The van der Waals surface area contributed by atoms with Gasteiger partial charge < -0.3 is 16.0 Å². The lowest BCUT2D eigenvalue weighted by molar-refractivity contribution is -0.135. The molecule has 3 N–H and O–H groups in total. The number of carbonyl (C=O) groups excluding carboxylic acids is 2. The van der Waals surface area contributed by atoms with Crippen molar-refractivity contribution in [1.82, 2.24) is 10.2 Å². The molecule has 0 radical (unpaired) electrons. The van der Waals surface area contributed by atoms with Crippen LogP contribution in [0, 0.1) is 5.92 Å². The van der Waals surface area contributed by atoms with E-state index >= 15 is 0 Å². The molecule has 1 atom stereocenters. The Hall–Kier alpha value is -1.26. The number of rotatable bonds is 3. The normalized spacial score (nSPS) is 18.3. The van der Waals surface area contributed by atoms with E-state index in [1.807, 2.05) is 18.7 Å². The van der Waals surface area contributed by atoms with Crippen LogP contribution >= 0.6 is 0 Å². The minimum Gasteiger partial charge on any atom is -0.352 e. The van der Waals surface area contributed by atoms with Crippen molar-refractivity contribution in [1.29, 1.82) is 0 Å². The van der Waals surface area contributed by atoms with Gasteiger partial charge in [-0.3, -0.25) is 4.79 Å². The Morgan fingerprint density at radius 1 is 1.19 bits per heavy atom. The Morgan fingerprint density at radius 3 is 2.19 bits per heavy atom. The topological polar surface area (TPSA) is 75.4 Å². The van der Waals surface area contributed by atoms with Crippen molar-refractivity contribution in [3.05, 3.63) is 0 Å². The Kier molecular flexibility index (Phi) is 4.58. The van der Waals surface area contributed by atoms with E-state index in [1.165, 1.54) is 6.42 Å². The van der Waals surface area contributed by atoms with Crippen molar-refractivity contribution in [2.24, 2.45) is 11.7 Å². The molecule has 1 aliphatic rings. The molecule has 1 rings (SSSR count). The largest absolute Gasteiger partial charge is 0.352 e. The van der Waals surface area contributed by atoms with E-state index in [2.05, 4.69) is 5.32 Å². The van der Waals surface area contributed by atoms with Crippen LogP contribution in [0.5, 0.6) is 0 Å². The van der Waals surface area contributed by atoms with Crippen molar-refractivity contribution in [3.63, 3.8) is 0 Å². The third kappa shape index (κ3) is 3.40. The van der Waals surface area contributed by atoms with E-state index in [-0.39, 0.29) is 11.8 Å². The van der Waals surface area contributed by atoms with Gasteiger partial charge in [0.2, 0.25) is 5.91 Å². The molecule has 0 aromatic carbocycles. The highest BCUT2D eigenvalue weighted by atomic mass is 16.2. The number of carbonyl (C=O) groups is 2. The van der Waals surface area contributed by atoms with Crippen LogP contribution in [0.4, 0.5) is 4.79 Å². The molecule has 1 fully saturated rings. The molecular formula is C11H21N3O2. The second-order valence-electron chi connectivity index (χ2n) is 4.62. The average molecular weight is 227 g/mol. The molecule has 1 saturated heterocycles. The molecule has 0 aromatic heterocycles. The second-order valence-corrected chi connectivity index (χ2v) is 4.62. The number of nitrogens with one attached hydrogen (secondary N) is 1. The molecule has 5 nitrogen and oxygen atoms in total. The smallest absolute Gasteiger partial charge is 0.312 e. The highest BCUT2D eigenvalue weighted by Crippen LogP contribution is 2.13. The minimum atomic E-state index is -0.635. The highest BCUT2D eigenvalue weighted by molar-refractivity contribution is 5.86. The summed E-state index contributed by atoms with van der Waals surface area (Å²) in [5, 5.41) is 2.52. The zero-order chi connectivity index (χ0) is 12.1. The highest BCUT2D eigenvalue weighted by Gasteiger charge is 2.28. The summed E-state index contributed by atoms with van der Waals surface area (Å²) >= 11 is 0. The standard InChI is InChI=1S/C11H21N3O2/c1-8(2)9(13-11(12)16)10(15)14-6-4-3-5-7-14/h8-9H,3-7H2,1-2H3,(H3,12,13,16). The van der Waals surface area contributed by atoms with Gasteiger partial charge in [-0.2, -0.15) is 0 Å². The quantitative estimate of drug-likeness (QED) is 0.744. The molecule has 1 unspecified atom stereocenters. The predicted octanol–water partition coefficient (Wildman–Crippen LogP) is 0.692. The lowest BCUT2D eigenvalue weighted by Gasteiger charge is -2.31. The van der Waals surface area contributed by atoms with Gasteiger partial charge in [0.25, 0.3) is 0 Å². The third-order valence-electron chi connectivity index (χ3n) is 2.90. The van der Waals surface area contributed by atoms with Gasteiger partial charge >= 0.3 is 6.03 Å². The van der Waals surface area contributed by atoms with Crippen molar-refractivity contribution < 1.29 is 9.59 Å². The fourth-order valence-electron chi connectivity index (χ4n) is 1.98. The van der Waals surface area contributed by atoms with Crippen LogP contribution in [-0.2, 0) is 4.79 Å². The van der Waals surface area contributed by atoms with Crippen LogP contribution in [0.1, 0.15) is 33.1 Å². The summed E-state index contributed by atoms with van der Waals surface area (Å²) in [6, 6.07) is -1.13. The van der Waals surface area contributed by atoms with E-state index in [0.717, 1.165) is 25.9 Å². The van der Waals surface area contributed by atoms with Crippen molar-refractivity contribution in [3.8, 4) is 0 Å². The number of hydrogen-bond acceptors (Lipinski definition) is 2. The summed E-state index contributed by atoms with van der Waals surface area (Å²) in [5.41, 5.74) is 5.08. The maximum Gasteiger partial charge on any atom is 0.312 e. The first kappa shape index (κ1) is 12.8. The van der Waals surface area contributed by atoms with Crippen LogP contribution in [0.25, 0.3) is 0 Å². The number of primary amides is 1. The van der Waals surface area contributed by atoms with Crippen LogP contribution in [0.3, 0.4) is 0 Å². The monoisotopic (exact) mass is 227 g/mol. The zero-order valence-electron chi connectivity index (χ0n) is 10.0. The third-order valence-corrected chi connectivity index (χ3v) is 2.90. The Bertz CT molecular complexity index is 260. The summed E-state index contributed by atoms with van der Waals surface area (Å²) in [5.74, 6) is 0.0513. The predicted molar refractivity (Wildman–Crippen MR) is 61.8 cm³/mol. The van der Waals surface area contributed by atoms with Gasteiger partial charge in [0.15, 0.2) is 0 Å². The average Bonchev–Trinajstić information content (AvgIpc) is 2.25. The zero-order valence-corrected chi connectivity index (χ0v) is 10.0. The van der Waals surface area contributed by atoms with Crippen LogP contribution in [0.15, 0.2) is 0 Å². The van der Waals surface area contributed by atoms with E-state index < -0.39 is 12.1 Å². The molecule has 92 valence electrons. The Morgan fingerprint density at radius 2 is 1.75 bits per heavy atom. The number of likely N-dealkylation sites (tertiary alicyclic amines) is 1. The lowest BCUT2D eigenvalue weighted by Crippen LogP contribution is -2.53. The number of amides is 3. The van der Waals surface area contributed by atoms with Crippen LogP contribution in [0.2, 0.25) is 0 Å². The molecule has 16 heavy (non-hydrogen) atoms. The number of nitrogens with two attached hydrogens (primary N) is 1. The minimum absolute atomic E-state index is 0.00602. The first-order valence-corrected chi connectivity index (χ1v) is 5.87. The van der Waals surface area contributed by atoms with Crippen LogP contribution in [-0.4, -0.2) is 36.0 Å². The molecule has 0 aromatic rings. The molecule has 3 amide bonds. The van der Waals surface area contributed by atoms with Crippen molar-refractivity contribution >= 4 is 11.9 Å². The first-order chi connectivity index (χ1) is 7.52.